The van der Waals surface area contributed by atoms with Crippen LogP contribution in [-0.4, -0.2) is 10.1 Å². The molecule has 1 N–H and O–H groups in total. The number of aromatic nitrogens is 1. The molecule has 0 amide bonds. The predicted molar refractivity (Wildman–Crippen MR) is 116 cm³/mol. The Labute approximate surface area is 165 Å². The van der Waals surface area contributed by atoms with Gasteiger partial charge in [-0.2, -0.15) is 0 Å². The first-order valence-electron chi connectivity index (χ1n) is 10.4. The lowest BCUT2D eigenvalue weighted by Gasteiger charge is -2.28. The van der Waals surface area contributed by atoms with Gasteiger partial charge in [-0.3, -0.25) is 4.98 Å². The lowest BCUT2D eigenvalue weighted by Crippen LogP contribution is -2.17. The summed E-state index contributed by atoms with van der Waals surface area (Å²) in [5.41, 5.74) is 3.09. The van der Waals surface area contributed by atoms with Gasteiger partial charge in [0.1, 0.15) is 0 Å². The first-order chi connectivity index (χ1) is 13.8. The Morgan fingerprint density at radius 1 is 0.750 bits per heavy atom. The summed E-state index contributed by atoms with van der Waals surface area (Å²) >= 11 is 0. The van der Waals surface area contributed by atoms with E-state index in [0.29, 0.717) is 5.92 Å². The molecule has 0 radical (unpaired) electrons. The lowest BCUT2D eigenvalue weighted by molar-refractivity contribution is 0.0854. The van der Waals surface area contributed by atoms with Crippen LogP contribution in [-0.2, 0) is 0 Å². The van der Waals surface area contributed by atoms with Crippen LogP contribution in [0.3, 0.4) is 0 Å². The number of aliphatic hydroxyl groups is 1. The molecule has 28 heavy (non-hydrogen) atoms. The number of rotatable bonds is 3. The van der Waals surface area contributed by atoms with Gasteiger partial charge in [-0.1, -0.05) is 79.9 Å². The summed E-state index contributed by atoms with van der Waals surface area (Å²) < 4.78 is 0. The molecule has 4 aromatic rings. The topological polar surface area (TPSA) is 33.1 Å². The van der Waals surface area contributed by atoms with Gasteiger partial charge in [0.05, 0.1) is 11.8 Å². The van der Waals surface area contributed by atoms with E-state index in [0.717, 1.165) is 35.0 Å². The number of pyridine rings is 1. The Hall–Kier alpha value is -2.71. The fourth-order valence-electron chi connectivity index (χ4n) is 4.82. The van der Waals surface area contributed by atoms with Crippen molar-refractivity contribution in [3.63, 3.8) is 0 Å². The van der Waals surface area contributed by atoms with Gasteiger partial charge in [0.25, 0.3) is 0 Å². The Morgan fingerprint density at radius 3 is 2.21 bits per heavy atom. The Morgan fingerprint density at radius 2 is 1.43 bits per heavy atom. The highest BCUT2D eigenvalue weighted by Gasteiger charge is 2.27. The molecule has 140 valence electrons. The minimum atomic E-state index is -0.444. The van der Waals surface area contributed by atoms with Crippen molar-refractivity contribution in [2.45, 2.75) is 38.2 Å². The first-order valence-corrected chi connectivity index (χ1v) is 10.4. The van der Waals surface area contributed by atoms with Crippen LogP contribution in [0.1, 0.15) is 43.8 Å². The van der Waals surface area contributed by atoms with Gasteiger partial charge in [0.15, 0.2) is 0 Å². The van der Waals surface area contributed by atoms with Crippen molar-refractivity contribution in [1.29, 1.82) is 0 Å². The Bertz CT molecular complexity index is 1120. The number of hydrogen-bond acceptors (Lipinski definition) is 2. The zero-order chi connectivity index (χ0) is 18.9. The molecule has 1 fully saturated rings. The third-order valence-electron chi connectivity index (χ3n) is 6.29. The highest BCUT2D eigenvalue weighted by Crippen LogP contribution is 2.42. The van der Waals surface area contributed by atoms with E-state index >= 15 is 0 Å². The van der Waals surface area contributed by atoms with Gasteiger partial charge in [0.2, 0.25) is 0 Å². The molecule has 5 rings (SSSR count). The molecular weight excluding hydrogens is 342 g/mol. The smallest absolute Gasteiger partial charge is 0.0824 e. The van der Waals surface area contributed by atoms with Crippen LogP contribution in [0.5, 0.6) is 0 Å². The van der Waals surface area contributed by atoms with E-state index in [-0.39, 0.29) is 0 Å². The molecule has 2 nitrogen and oxygen atoms in total. The predicted octanol–water partition coefficient (Wildman–Crippen LogP) is 6.67. The SMILES string of the molecule is O[C@@H](c1ccc2ccccc2c1-c1nccc2ccccc12)C1CCCCC1. The number of benzene rings is 3. The van der Waals surface area contributed by atoms with Gasteiger partial charge in [0, 0.05) is 17.1 Å². The molecule has 1 saturated carbocycles. The maximum atomic E-state index is 11.4. The first kappa shape index (κ1) is 17.4. The second kappa shape index (κ2) is 7.37. The van der Waals surface area contributed by atoms with E-state index < -0.39 is 6.10 Å². The van der Waals surface area contributed by atoms with Crippen molar-refractivity contribution >= 4 is 21.5 Å². The van der Waals surface area contributed by atoms with E-state index in [1.165, 1.54) is 35.4 Å². The van der Waals surface area contributed by atoms with Crippen LogP contribution in [0, 0.1) is 5.92 Å². The van der Waals surface area contributed by atoms with Gasteiger partial charge < -0.3 is 5.11 Å². The van der Waals surface area contributed by atoms with E-state index in [4.69, 9.17) is 4.98 Å². The minimum Gasteiger partial charge on any atom is -0.388 e. The molecule has 1 heterocycles. The van der Waals surface area contributed by atoms with Gasteiger partial charge in [-0.05, 0) is 46.5 Å². The summed E-state index contributed by atoms with van der Waals surface area (Å²) in [4.78, 5) is 4.80. The molecule has 1 atom stereocenters. The van der Waals surface area contributed by atoms with E-state index in [2.05, 4.69) is 66.7 Å². The summed E-state index contributed by atoms with van der Waals surface area (Å²) in [6.07, 6.45) is 7.39. The molecule has 1 aromatic heterocycles. The highest BCUT2D eigenvalue weighted by molar-refractivity contribution is 6.05. The van der Waals surface area contributed by atoms with Crippen LogP contribution in [0.15, 0.2) is 72.9 Å². The zero-order valence-corrected chi connectivity index (χ0v) is 16.0. The summed E-state index contributed by atoms with van der Waals surface area (Å²) in [5, 5.41) is 16.1. The molecule has 2 heteroatoms. The molecule has 0 bridgehead atoms. The maximum absolute atomic E-state index is 11.4. The maximum Gasteiger partial charge on any atom is 0.0824 e. The van der Waals surface area contributed by atoms with Crippen molar-refractivity contribution in [1.82, 2.24) is 4.98 Å². The molecule has 0 unspecified atom stereocenters. The van der Waals surface area contributed by atoms with E-state index in [9.17, 15) is 5.11 Å². The van der Waals surface area contributed by atoms with Crippen LogP contribution < -0.4 is 0 Å². The van der Waals surface area contributed by atoms with Crippen LogP contribution >= 0.6 is 0 Å². The Balaban J connectivity index is 1.78. The van der Waals surface area contributed by atoms with Gasteiger partial charge >= 0.3 is 0 Å². The minimum absolute atomic E-state index is 0.337. The van der Waals surface area contributed by atoms with E-state index in [1.807, 2.05) is 6.20 Å². The quantitative estimate of drug-likeness (QED) is 0.439. The fourth-order valence-corrected chi connectivity index (χ4v) is 4.82. The van der Waals surface area contributed by atoms with Gasteiger partial charge in [-0.25, -0.2) is 0 Å². The van der Waals surface area contributed by atoms with E-state index in [1.54, 1.807) is 0 Å². The molecular formula is C26H25NO. The Kier molecular flexibility index (Phi) is 4.58. The molecule has 3 aromatic carbocycles. The molecule has 0 spiro atoms. The number of hydrogen-bond donors (Lipinski definition) is 1. The van der Waals surface area contributed by atoms with Crippen LogP contribution in [0.4, 0.5) is 0 Å². The molecule has 1 aliphatic carbocycles. The number of nitrogens with zero attached hydrogens (tertiary/aromatic N) is 1. The van der Waals surface area contributed by atoms with Gasteiger partial charge in [-0.15, -0.1) is 0 Å². The summed E-state index contributed by atoms with van der Waals surface area (Å²) in [7, 11) is 0. The highest BCUT2D eigenvalue weighted by atomic mass is 16.3. The average Bonchev–Trinajstić information content (AvgIpc) is 2.78. The zero-order valence-electron chi connectivity index (χ0n) is 16.0. The van der Waals surface area contributed by atoms with Crippen LogP contribution in [0.25, 0.3) is 32.8 Å². The van der Waals surface area contributed by atoms with Crippen molar-refractivity contribution < 1.29 is 5.11 Å². The summed E-state index contributed by atoms with van der Waals surface area (Å²) in [5.74, 6) is 0.337. The third kappa shape index (κ3) is 2.98. The fraction of sp³-hybridized carbons (Fsp3) is 0.269. The second-order valence-corrected chi connectivity index (χ2v) is 7.97. The third-order valence-corrected chi connectivity index (χ3v) is 6.29. The standard InChI is InChI=1S/C26H25NO/c28-26(20-10-2-1-3-11-20)23-15-14-18-8-4-6-12-21(18)24(23)25-22-13-7-5-9-19(22)16-17-27-25/h4-9,12-17,20,26,28H,1-3,10-11H2/t26-/m1/s1. The van der Waals surface area contributed by atoms with Crippen molar-refractivity contribution in [2.75, 3.05) is 0 Å². The molecule has 1 aliphatic rings. The largest absolute Gasteiger partial charge is 0.388 e. The summed E-state index contributed by atoms with van der Waals surface area (Å²) in [6, 6.07) is 23.2. The monoisotopic (exact) mass is 367 g/mol. The van der Waals surface area contributed by atoms with Crippen molar-refractivity contribution in [2.24, 2.45) is 5.92 Å². The number of aliphatic hydroxyl groups excluding tert-OH is 1. The van der Waals surface area contributed by atoms with Crippen molar-refractivity contribution in [3.8, 4) is 11.3 Å². The normalized spacial score (nSPS) is 16.5. The van der Waals surface area contributed by atoms with Crippen LogP contribution in [0.2, 0.25) is 0 Å². The molecule has 0 saturated heterocycles. The summed E-state index contributed by atoms with van der Waals surface area (Å²) in [6.45, 7) is 0. The average molecular weight is 367 g/mol. The second-order valence-electron chi connectivity index (χ2n) is 7.97. The lowest BCUT2D eigenvalue weighted by atomic mass is 9.80. The molecule has 0 aliphatic heterocycles. The van der Waals surface area contributed by atoms with Crippen molar-refractivity contribution in [3.05, 3.63) is 78.5 Å². The number of fused-ring (bicyclic) bond motifs is 2.